The first-order valence-corrected chi connectivity index (χ1v) is 24.8. The van der Waals surface area contributed by atoms with E-state index in [1.165, 1.54) is 5.39 Å². The number of hydrogen-bond acceptors (Lipinski definition) is 3. The number of benzene rings is 8. The zero-order chi connectivity index (χ0) is 51.5. The second-order valence-corrected chi connectivity index (χ2v) is 21.4. The number of ether oxygens (including phenoxy) is 1. The molecule has 1 aliphatic heterocycles. The fourth-order valence-electron chi connectivity index (χ4n) is 10.8. The van der Waals surface area contributed by atoms with Crippen LogP contribution in [0.1, 0.15) is 82.1 Å². The minimum Gasteiger partial charge on any atom is -0.457 e. The smallest absolute Gasteiger partial charge is 0.137 e. The van der Waals surface area contributed by atoms with Gasteiger partial charge in [-0.25, -0.2) is 4.98 Å². The van der Waals surface area contributed by atoms with Crippen LogP contribution in [0.5, 0.6) is 11.5 Å². The second kappa shape index (κ2) is 16.9. The molecule has 5 nitrogen and oxygen atoms in total. The summed E-state index contributed by atoms with van der Waals surface area (Å²) in [6.45, 7) is 16.9. The standard InChI is InChI=1S/C66H60N4O/c1-42(2)44-32-33-67-62(37-44)70-59-28-14-13-24-55(59)56-31-30-49(39-61(56)70)71-48-19-15-18-47(38-48)68-41-69-63-50(45-34-43(40-65(3,4)5)35-46(36-45)66(6,7)8)25-16-26-57(63)53-22-11-9-20-51(53)52-21-10-12-23-54(52)58-27-17-29-60(68)64(58)69/h9-39,42H,40-41H2,1-8H3/i40D2,42D. The molecule has 0 radical (unpaired) electrons. The minimum absolute atomic E-state index is 0.238. The minimum atomic E-state index is -1.61. The number of rotatable bonds is 7. The van der Waals surface area contributed by atoms with Gasteiger partial charge in [-0.2, -0.15) is 0 Å². The molecule has 71 heavy (non-hydrogen) atoms. The molecule has 8 aromatic carbocycles. The van der Waals surface area contributed by atoms with E-state index in [0.29, 0.717) is 23.7 Å². The van der Waals surface area contributed by atoms with Crippen LogP contribution < -0.4 is 9.64 Å². The van der Waals surface area contributed by atoms with Gasteiger partial charge < -0.3 is 14.2 Å². The topological polar surface area (TPSA) is 35.2 Å². The SMILES string of the molecule is [2H]C(C)(C)c1ccnc(-n2c3ccccc3c3ccc(Oc4cccc(N5Cn6c7c(-c8cc(C(C)(C)C)cc(C([2H])([2H])C(C)(C)C)c8)cccc7c7ccccc7c7ccccc7c7cccc5c76)c4)cc32)c1. The molecule has 4 heterocycles. The Kier molecular flexibility index (Phi) is 9.75. The quantitative estimate of drug-likeness (QED) is 0.160. The first kappa shape index (κ1) is 40.9. The van der Waals surface area contributed by atoms with Gasteiger partial charge in [-0.05, 0) is 115 Å². The summed E-state index contributed by atoms with van der Waals surface area (Å²) in [5.41, 5.74) is 10.0. The maximum Gasteiger partial charge on any atom is 0.137 e. The molecule has 0 fully saturated rings. The highest BCUT2D eigenvalue weighted by Gasteiger charge is 2.27. The first-order valence-electron chi connectivity index (χ1n) is 26.3. The Labute approximate surface area is 421 Å². The van der Waals surface area contributed by atoms with E-state index < -0.39 is 17.7 Å². The van der Waals surface area contributed by atoms with Gasteiger partial charge in [0.2, 0.25) is 0 Å². The summed E-state index contributed by atoms with van der Waals surface area (Å²) in [5.74, 6) is 1.38. The molecule has 3 aromatic heterocycles. The van der Waals surface area contributed by atoms with Gasteiger partial charge in [-0.15, -0.1) is 0 Å². The van der Waals surface area contributed by atoms with Crippen LogP contribution in [-0.2, 0) is 18.5 Å². The van der Waals surface area contributed by atoms with E-state index in [9.17, 15) is 2.74 Å². The van der Waals surface area contributed by atoms with Crippen LogP contribution in [-0.4, -0.2) is 14.1 Å². The summed E-state index contributed by atoms with van der Waals surface area (Å²) in [7, 11) is 0. The third-order valence-electron chi connectivity index (χ3n) is 14.1. The highest BCUT2D eigenvalue weighted by molar-refractivity contribution is 6.22. The molecule has 5 heteroatoms. The Hall–Kier alpha value is -7.89. The van der Waals surface area contributed by atoms with E-state index in [1.807, 2.05) is 58.9 Å². The molecule has 1 aliphatic rings. The van der Waals surface area contributed by atoms with Gasteiger partial charge in [0, 0.05) is 55.2 Å². The number of nitrogens with zero attached hydrogens (tertiary/aromatic N) is 4. The van der Waals surface area contributed by atoms with Crippen molar-refractivity contribution in [2.75, 3.05) is 4.90 Å². The molecule has 0 unspecified atom stereocenters. The van der Waals surface area contributed by atoms with Crippen LogP contribution in [0.15, 0.2) is 188 Å². The van der Waals surface area contributed by atoms with Crippen LogP contribution in [0, 0.1) is 5.41 Å². The van der Waals surface area contributed by atoms with Crippen molar-refractivity contribution in [2.45, 2.75) is 79.7 Å². The Morgan fingerprint density at radius 2 is 1.20 bits per heavy atom. The van der Waals surface area contributed by atoms with E-state index in [2.05, 4.69) is 193 Å². The van der Waals surface area contributed by atoms with Crippen molar-refractivity contribution in [3.63, 3.8) is 0 Å². The Balaban J connectivity index is 1.06. The molecule has 0 bridgehead atoms. The molecule has 0 aliphatic carbocycles. The van der Waals surface area contributed by atoms with E-state index in [4.69, 9.17) is 11.1 Å². The molecule has 0 spiro atoms. The van der Waals surface area contributed by atoms with E-state index in [0.717, 1.165) is 99.2 Å². The lowest BCUT2D eigenvalue weighted by molar-refractivity contribution is 0.411. The normalized spacial score (nSPS) is 13.9. The molecule has 0 amide bonds. The lowest BCUT2D eigenvalue weighted by Gasteiger charge is -2.25. The molecule has 0 N–H and O–H groups in total. The average Bonchev–Trinajstić information content (AvgIpc) is 3.94. The van der Waals surface area contributed by atoms with Gasteiger partial charge in [0.25, 0.3) is 0 Å². The third kappa shape index (κ3) is 7.85. The maximum absolute atomic E-state index is 9.58. The average molecular weight is 928 g/mol. The fraction of sp³-hybridized carbons (Fsp3) is 0.197. The van der Waals surface area contributed by atoms with Gasteiger partial charge in [0.1, 0.15) is 24.0 Å². The zero-order valence-corrected chi connectivity index (χ0v) is 41.8. The van der Waals surface area contributed by atoms with Crippen molar-refractivity contribution in [3.8, 4) is 28.4 Å². The molecule has 0 saturated carbocycles. The fourth-order valence-corrected chi connectivity index (χ4v) is 10.8. The van der Waals surface area contributed by atoms with E-state index in [-0.39, 0.29) is 5.41 Å². The van der Waals surface area contributed by atoms with Crippen LogP contribution in [0.3, 0.4) is 0 Å². The van der Waals surface area contributed by atoms with E-state index >= 15 is 0 Å². The van der Waals surface area contributed by atoms with Gasteiger partial charge in [-0.3, -0.25) is 4.57 Å². The van der Waals surface area contributed by atoms with Crippen molar-refractivity contribution >= 4 is 76.5 Å². The van der Waals surface area contributed by atoms with Crippen molar-refractivity contribution in [3.05, 3.63) is 205 Å². The van der Waals surface area contributed by atoms with Crippen LogP contribution >= 0.6 is 0 Å². The Morgan fingerprint density at radius 1 is 0.577 bits per heavy atom. The zero-order valence-electron chi connectivity index (χ0n) is 44.8. The monoisotopic (exact) mass is 927 g/mol. The maximum atomic E-state index is 9.58. The number of hydrogen-bond donors (Lipinski definition) is 0. The molecular weight excluding hydrogens is 865 g/mol. The predicted octanol–water partition coefficient (Wildman–Crippen LogP) is 18.3. The lowest BCUT2D eigenvalue weighted by Crippen LogP contribution is -2.15. The number of aromatic nitrogens is 3. The number of fused-ring (bicyclic) bond motifs is 10. The van der Waals surface area contributed by atoms with Gasteiger partial charge in [-0.1, -0.05) is 177 Å². The Bertz CT molecular complexity index is 4140. The lowest BCUT2D eigenvalue weighted by atomic mass is 9.81. The summed E-state index contributed by atoms with van der Waals surface area (Å²) in [6.07, 6.45) is 0.189. The summed E-state index contributed by atoms with van der Waals surface area (Å²) in [5, 5.41) is 9.07. The number of para-hydroxylation sites is 3. The summed E-state index contributed by atoms with van der Waals surface area (Å²) < 4.78 is 39.5. The predicted molar refractivity (Wildman–Crippen MR) is 301 cm³/mol. The van der Waals surface area contributed by atoms with Gasteiger partial charge >= 0.3 is 0 Å². The molecule has 12 rings (SSSR count). The largest absolute Gasteiger partial charge is 0.457 e. The molecule has 350 valence electrons. The molecule has 0 atom stereocenters. The number of anilines is 2. The van der Waals surface area contributed by atoms with Crippen molar-refractivity contribution < 1.29 is 8.85 Å². The van der Waals surface area contributed by atoms with Crippen LogP contribution in [0.4, 0.5) is 11.4 Å². The van der Waals surface area contributed by atoms with Crippen molar-refractivity contribution in [2.24, 2.45) is 5.41 Å². The molecular formula is C66H60N4O. The second-order valence-electron chi connectivity index (χ2n) is 21.4. The molecule has 11 aromatic rings. The third-order valence-corrected chi connectivity index (χ3v) is 14.1. The van der Waals surface area contributed by atoms with Crippen LogP contribution in [0.25, 0.3) is 82.1 Å². The van der Waals surface area contributed by atoms with Gasteiger partial charge in [0.15, 0.2) is 0 Å². The van der Waals surface area contributed by atoms with Crippen LogP contribution in [0.2, 0.25) is 0 Å². The highest BCUT2D eigenvalue weighted by atomic mass is 16.5. The van der Waals surface area contributed by atoms with Gasteiger partial charge in [0.05, 0.1) is 27.8 Å². The summed E-state index contributed by atoms with van der Waals surface area (Å²) in [6, 6.07) is 64.3. The first-order chi connectivity index (χ1) is 35.3. The van der Waals surface area contributed by atoms with Crippen molar-refractivity contribution in [1.82, 2.24) is 14.1 Å². The summed E-state index contributed by atoms with van der Waals surface area (Å²) in [4.78, 5) is 7.23. The van der Waals surface area contributed by atoms with E-state index in [1.54, 1.807) is 6.20 Å². The van der Waals surface area contributed by atoms with Crippen molar-refractivity contribution in [1.29, 1.82) is 0 Å². The number of pyridine rings is 1. The summed E-state index contributed by atoms with van der Waals surface area (Å²) >= 11 is 0. The molecule has 0 saturated heterocycles. The highest BCUT2D eigenvalue weighted by Crippen LogP contribution is 2.46. The Morgan fingerprint density at radius 3 is 1.90 bits per heavy atom.